The maximum absolute atomic E-state index is 12.4. The Kier molecular flexibility index (Phi) is 4.06. The van der Waals surface area contributed by atoms with E-state index in [1.807, 2.05) is 0 Å². The van der Waals surface area contributed by atoms with Gasteiger partial charge in [0, 0.05) is 5.69 Å². The number of carbonyl (C=O) groups is 1. The molecule has 0 atom stereocenters. The first-order chi connectivity index (χ1) is 9.90. The van der Waals surface area contributed by atoms with Crippen LogP contribution < -0.4 is 5.32 Å². The van der Waals surface area contributed by atoms with Crippen LogP contribution in [-0.2, 0) is 10.9 Å². The smallest absolute Gasteiger partial charge is 0.416 e. The summed E-state index contributed by atoms with van der Waals surface area (Å²) in [7, 11) is 1.21. The average molecular weight is 297 g/mol. The number of rotatable bonds is 3. The summed E-state index contributed by atoms with van der Waals surface area (Å²) in [6, 6.07) is 4.41. The normalized spacial score (nSPS) is 11.0. The van der Waals surface area contributed by atoms with Gasteiger partial charge in [-0.25, -0.2) is 9.78 Å². The molecule has 1 N–H and O–H groups in total. The van der Waals surface area contributed by atoms with Crippen LogP contribution in [-0.4, -0.2) is 23.0 Å². The topological polar surface area (TPSA) is 64.1 Å². The Bertz CT molecular complexity index is 642. The van der Waals surface area contributed by atoms with Crippen LogP contribution >= 0.6 is 0 Å². The van der Waals surface area contributed by atoms with Crippen LogP contribution in [0.15, 0.2) is 36.7 Å². The van der Waals surface area contributed by atoms with Gasteiger partial charge in [0.05, 0.1) is 25.1 Å². The minimum absolute atomic E-state index is 0.00517. The molecule has 0 amide bonds. The highest BCUT2D eigenvalue weighted by Crippen LogP contribution is 2.30. The van der Waals surface area contributed by atoms with Crippen LogP contribution in [0.25, 0.3) is 0 Å². The Morgan fingerprint density at radius 2 is 1.86 bits per heavy atom. The first-order valence-corrected chi connectivity index (χ1v) is 5.75. The molecule has 1 heterocycles. The van der Waals surface area contributed by atoms with E-state index in [1.54, 1.807) is 0 Å². The predicted octanol–water partition coefficient (Wildman–Crippen LogP) is 3.03. The Balaban J connectivity index is 2.17. The summed E-state index contributed by atoms with van der Waals surface area (Å²) in [5, 5.41) is 2.75. The Morgan fingerprint density at radius 3 is 2.43 bits per heavy atom. The third-order valence-electron chi connectivity index (χ3n) is 2.51. The summed E-state index contributed by atoms with van der Waals surface area (Å²) in [5.41, 5.74) is -0.365. The summed E-state index contributed by atoms with van der Waals surface area (Å²) in [4.78, 5) is 19.0. The van der Waals surface area contributed by atoms with Crippen LogP contribution in [0.2, 0.25) is 0 Å². The van der Waals surface area contributed by atoms with Crippen molar-refractivity contribution in [2.45, 2.75) is 6.18 Å². The Hall–Kier alpha value is -2.64. The van der Waals surface area contributed by atoms with Crippen molar-refractivity contribution in [1.82, 2.24) is 9.97 Å². The Morgan fingerprint density at radius 1 is 1.19 bits per heavy atom. The average Bonchev–Trinajstić information content (AvgIpc) is 2.46. The SMILES string of the molecule is COC(=O)c1cncc(Nc2ccc(C(F)(F)F)cc2)n1. The number of halogens is 3. The lowest BCUT2D eigenvalue weighted by molar-refractivity contribution is -0.137. The molecule has 0 spiro atoms. The number of anilines is 2. The summed E-state index contributed by atoms with van der Waals surface area (Å²) in [6.45, 7) is 0. The van der Waals surface area contributed by atoms with E-state index in [1.165, 1.54) is 31.6 Å². The van der Waals surface area contributed by atoms with Gasteiger partial charge >= 0.3 is 12.1 Å². The number of nitrogens with one attached hydrogen (secondary N) is 1. The molecule has 2 aromatic rings. The van der Waals surface area contributed by atoms with Crippen LogP contribution in [0.5, 0.6) is 0 Å². The van der Waals surface area contributed by atoms with Crippen molar-refractivity contribution in [2.75, 3.05) is 12.4 Å². The Labute approximate surface area is 117 Å². The van der Waals surface area contributed by atoms with Gasteiger partial charge in [-0.05, 0) is 24.3 Å². The van der Waals surface area contributed by atoms with Crippen molar-refractivity contribution in [3.63, 3.8) is 0 Å². The molecule has 0 aliphatic carbocycles. The number of aromatic nitrogens is 2. The van der Waals surface area contributed by atoms with E-state index < -0.39 is 17.7 Å². The van der Waals surface area contributed by atoms with Gasteiger partial charge in [-0.3, -0.25) is 4.98 Å². The highest BCUT2D eigenvalue weighted by Gasteiger charge is 2.29. The first-order valence-electron chi connectivity index (χ1n) is 5.75. The molecule has 1 aromatic carbocycles. The molecule has 0 saturated heterocycles. The lowest BCUT2D eigenvalue weighted by atomic mass is 10.2. The molecule has 0 saturated carbocycles. The zero-order valence-corrected chi connectivity index (χ0v) is 10.8. The molecule has 0 aliphatic heterocycles. The number of hydrogen-bond acceptors (Lipinski definition) is 5. The van der Waals surface area contributed by atoms with Crippen LogP contribution in [0.1, 0.15) is 16.1 Å². The summed E-state index contributed by atoms with van der Waals surface area (Å²) in [6.07, 6.45) is -1.82. The van der Waals surface area contributed by atoms with Crippen molar-refractivity contribution in [3.8, 4) is 0 Å². The molecule has 21 heavy (non-hydrogen) atoms. The van der Waals surface area contributed by atoms with E-state index in [-0.39, 0.29) is 11.5 Å². The number of benzene rings is 1. The summed E-state index contributed by atoms with van der Waals surface area (Å²) in [5.74, 6) is -0.434. The zero-order chi connectivity index (χ0) is 15.5. The molecule has 0 fully saturated rings. The van der Waals surface area contributed by atoms with Crippen LogP contribution in [0.3, 0.4) is 0 Å². The van der Waals surface area contributed by atoms with Gasteiger partial charge in [-0.1, -0.05) is 0 Å². The quantitative estimate of drug-likeness (QED) is 0.882. The van der Waals surface area contributed by atoms with Crippen molar-refractivity contribution < 1.29 is 22.7 Å². The van der Waals surface area contributed by atoms with E-state index in [4.69, 9.17) is 0 Å². The molecule has 2 rings (SSSR count). The van der Waals surface area contributed by atoms with Crippen molar-refractivity contribution in [3.05, 3.63) is 47.9 Å². The highest BCUT2D eigenvalue weighted by molar-refractivity contribution is 5.87. The molecule has 0 radical (unpaired) electrons. The molecule has 110 valence electrons. The third kappa shape index (κ3) is 3.68. The summed E-state index contributed by atoms with van der Waals surface area (Å²) < 4.78 is 41.8. The summed E-state index contributed by atoms with van der Waals surface area (Å²) >= 11 is 0. The number of methoxy groups -OCH3 is 1. The number of esters is 1. The van der Waals surface area contributed by atoms with Gasteiger partial charge in [0.1, 0.15) is 5.82 Å². The van der Waals surface area contributed by atoms with Gasteiger partial charge < -0.3 is 10.1 Å². The molecular formula is C13H10F3N3O2. The van der Waals surface area contributed by atoms with E-state index in [2.05, 4.69) is 20.0 Å². The monoisotopic (exact) mass is 297 g/mol. The molecule has 0 aliphatic rings. The second kappa shape index (κ2) is 5.78. The molecule has 0 unspecified atom stereocenters. The number of carbonyl (C=O) groups excluding carboxylic acids is 1. The fraction of sp³-hybridized carbons (Fsp3) is 0.154. The molecule has 1 aromatic heterocycles. The first kappa shape index (κ1) is 14.8. The van der Waals surface area contributed by atoms with Crippen LogP contribution in [0.4, 0.5) is 24.7 Å². The van der Waals surface area contributed by atoms with E-state index in [0.29, 0.717) is 5.69 Å². The number of nitrogens with zero attached hydrogens (tertiary/aromatic N) is 2. The van der Waals surface area contributed by atoms with E-state index >= 15 is 0 Å². The lowest BCUT2D eigenvalue weighted by Crippen LogP contribution is -2.07. The van der Waals surface area contributed by atoms with Gasteiger partial charge in [0.25, 0.3) is 0 Å². The van der Waals surface area contributed by atoms with Crippen molar-refractivity contribution in [2.24, 2.45) is 0 Å². The lowest BCUT2D eigenvalue weighted by Gasteiger charge is -2.09. The maximum Gasteiger partial charge on any atom is 0.416 e. The third-order valence-corrected chi connectivity index (χ3v) is 2.51. The number of hydrogen-bond donors (Lipinski definition) is 1. The fourth-order valence-electron chi connectivity index (χ4n) is 1.52. The molecule has 8 heteroatoms. The maximum atomic E-state index is 12.4. The van der Waals surface area contributed by atoms with Gasteiger partial charge in [-0.2, -0.15) is 13.2 Å². The van der Waals surface area contributed by atoms with Gasteiger partial charge in [-0.15, -0.1) is 0 Å². The molecular weight excluding hydrogens is 287 g/mol. The molecule has 5 nitrogen and oxygen atoms in total. The van der Waals surface area contributed by atoms with Crippen molar-refractivity contribution >= 4 is 17.5 Å². The van der Waals surface area contributed by atoms with Crippen molar-refractivity contribution in [1.29, 1.82) is 0 Å². The molecule has 0 bridgehead atoms. The highest BCUT2D eigenvalue weighted by atomic mass is 19.4. The fourth-order valence-corrected chi connectivity index (χ4v) is 1.52. The predicted molar refractivity (Wildman–Crippen MR) is 68.1 cm³/mol. The van der Waals surface area contributed by atoms with Gasteiger partial charge in [0.2, 0.25) is 0 Å². The van der Waals surface area contributed by atoms with Gasteiger partial charge in [0.15, 0.2) is 5.69 Å². The largest absolute Gasteiger partial charge is 0.464 e. The van der Waals surface area contributed by atoms with E-state index in [9.17, 15) is 18.0 Å². The number of alkyl halides is 3. The minimum Gasteiger partial charge on any atom is -0.464 e. The van der Waals surface area contributed by atoms with E-state index in [0.717, 1.165) is 12.1 Å². The second-order valence-corrected chi connectivity index (χ2v) is 3.98. The van der Waals surface area contributed by atoms with Crippen LogP contribution in [0, 0.1) is 0 Å². The second-order valence-electron chi connectivity index (χ2n) is 3.98. The number of ether oxygens (including phenoxy) is 1. The zero-order valence-electron chi connectivity index (χ0n) is 10.8. The minimum atomic E-state index is -4.39. The standard InChI is InChI=1S/C13H10F3N3O2/c1-21-12(20)10-6-17-7-11(19-10)18-9-4-2-8(3-5-9)13(14,15)16/h2-7H,1H3,(H,18,19).